The second kappa shape index (κ2) is 10.1. The van der Waals surface area contributed by atoms with E-state index in [0.29, 0.717) is 5.69 Å². The van der Waals surface area contributed by atoms with Crippen LogP contribution in [0.2, 0.25) is 0 Å². The molecule has 32 heavy (non-hydrogen) atoms. The first-order chi connectivity index (χ1) is 15.4. The zero-order valence-electron chi connectivity index (χ0n) is 18.0. The molecule has 7 nitrogen and oxygen atoms in total. The molecule has 1 N–H and O–H groups in total. The molecule has 9 heteroatoms. The number of anilines is 1. The number of hydrogen-bond donors (Lipinski definition) is 1. The van der Waals surface area contributed by atoms with Crippen LogP contribution in [-0.2, 0) is 26.2 Å². The van der Waals surface area contributed by atoms with E-state index >= 15 is 0 Å². The number of carbonyl (C=O) groups is 1. The molecule has 170 valence electrons. The molecule has 1 fully saturated rings. The number of ether oxygens (including phenoxy) is 1. The lowest BCUT2D eigenvalue weighted by Crippen LogP contribution is -2.38. The molecular formula is C23H27N3O4S2. The SMILES string of the molecule is CN(C1CCCCC1)S(=O)(=O)c1ccc(NC(=O)COCc2nc3ccccc3s2)cc1. The van der Waals surface area contributed by atoms with Crippen molar-refractivity contribution in [2.45, 2.75) is 49.6 Å². The van der Waals surface area contributed by atoms with E-state index in [1.807, 2.05) is 24.3 Å². The fourth-order valence-electron chi connectivity index (χ4n) is 3.93. The number of nitrogens with one attached hydrogen (secondary N) is 1. The van der Waals surface area contributed by atoms with Crippen molar-refractivity contribution in [3.63, 3.8) is 0 Å². The van der Waals surface area contributed by atoms with Crippen molar-refractivity contribution in [3.05, 3.63) is 53.5 Å². The van der Waals surface area contributed by atoms with Crippen LogP contribution in [0.3, 0.4) is 0 Å². The minimum absolute atomic E-state index is 0.0562. The lowest BCUT2D eigenvalue weighted by Gasteiger charge is -2.30. The van der Waals surface area contributed by atoms with Crippen molar-refractivity contribution < 1.29 is 17.9 Å². The summed E-state index contributed by atoms with van der Waals surface area (Å²) in [6.45, 7) is 0.151. The monoisotopic (exact) mass is 473 g/mol. The van der Waals surface area contributed by atoms with Gasteiger partial charge in [-0.15, -0.1) is 11.3 Å². The molecule has 1 heterocycles. The number of hydrogen-bond acceptors (Lipinski definition) is 6. The van der Waals surface area contributed by atoms with Gasteiger partial charge < -0.3 is 10.1 Å². The van der Waals surface area contributed by atoms with Gasteiger partial charge in [-0.2, -0.15) is 4.31 Å². The van der Waals surface area contributed by atoms with Gasteiger partial charge in [-0.1, -0.05) is 31.4 Å². The molecule has 1 amide bonds. The maximum absolute atomic E-state index is 12.9. The van der Waals surface area contributed by atoms with Crippen LogP contribution in [-0.4, -0.2) is 43.3 Å². The molecule has 2 aromatic carbocycles. The molecular weight excluding hydrogens is 446 g/mol. The summed E-state index contributed by atoms with van der Waals surface area (Å²) in [7, 11) is -1.89. The van der Waals surface area contributed by atoms with Crippen molar-refractivity contribution in [3.8, 4) is 0 Å². The minimum Gasteiger partial charge on any atom is -0.364 e. The van der Waals surface area contributed by atoms with Gasteiger partial charge in [-0.05, 0) is 49.2 Å². The number of thiazole rings is 1. The fourth-order valence-corrected chi connectivity index (χ4v) is 6.25. The van der Waals surface area contributed by atoms with Crippen LogP contribution >= 0.6 is 11.3 Å². The van der Waals surface area contributed by atoms with Crippen LogP contribution in [0, 0.1) is 0 Å². The van der Waals surface area contributed by atoms with E-state index < -0.39 is 10.0 Å². The minimum atomic E-state index is -3.55. The molecule has 0 unspecified atom stereocenters. The second-order valence-corrected chi connectivity index (χ2v) is 11.1. The van der Waals surface area contributed by atoms with Crippen molar-refractivity contribution in [2.75, 3.05) is 19.0 Å². The number of amides is 1. The van der Waals surface area contributed by atoms with E-state index in [-0.39, 0.29) is 30.1 Å². The Labute approximate surface area is 192 Å². The number of benzene rings is 2. The largest absolute Gasteiger partial charge is 0.364 e. The highest BCUT2D eigenvalue weighted by Crippen LogP contribution is 2.27. The Balaban J connectivity index is 1.29. The maximum Gasteiger partial charge on any atom is 0.250 e. The molecule has 0 aliphatic heterocycles. The Hall–Kier alpha value is -2.33. The molecule has 1 saturated carbocycles. The average Bonchev–Trinajstić information content (AvgIpc) is 3.22. The zero-order chi connectivity index (χ0) is 22.6. The number of rotatable bonds is 8. The molecule has 1 aliphatic rings. The van der Waals surface area contributed by atoms with Gasteiger partial charge in [0.1, 0.15) is 11.6 Å². The molecule has 1 aromatic heterocycles. The summed E-state index contributed by atoms with van der Waals surface area (Å²) in [5, 5.41) is 3.55. The summed E-state index contributed by atoms with van der Waals surface area (Å²) in [4.78, 5) is 16.9. The van der Waals surface area contributed by atoms with E-state index in [2.05, 4.69) is 10.3 Å². The van der Waals surface area contributed by atoms with Crippen LogP contribution in [0.15, 0.2) is 53.4 Å². The molecule has 0 spiro atoms. The number of aromatic nitrogens is 1. The molecule has 0 radical (unpaired) electrons. The van der Waals surface area contributed by atoms with E-state index in [0.717, 1.165) is 40.9 Å². The number of sulfonamides is 1. The highest BCUT2D eigenvalue weighted by Gasteiger charge is 2.28. The highest BCUT2D eigenvalue weighted by molar-refractivity contribution is 7.89. The predicted octanol–water partition coefficient (Wildman–Crippen LogP) is 4.40. The van der Waals surface area contributed by atoms with E-state index in [1.54, 1.807) is 30.5 Å². The summed E-state index contributed by atoms with van der Waals surface area (Å²) < 4.78 is 33.9. The van der Waals surface area contributed by atoms with Crippen molar-refractivity contribution in [1.29, 1.82) is 0 Å². The summed E-state index contributed by atoms with van der Waals surface area (Å²) in [5.41, 5.74) is 1.45. The quantitative estimate of drug-likeness (QED) is 0.524. The molecule has 3 aromatic rings. The number of nitrogens with zero attached hydrogens (tertiary/aromatic N) is 2. The van der Waals surface area contributed by atoms with Crippen LogP contribution in [0.25, 0.3) is 10.2 Å². The number of fused-ring (bicyclic) bond motifs is 1. The third-order valence-corrected chi connectivity index (χ3v) is 8.64. The Morgan fingerprint density at radius 1 is 1.12 bits per heavy atom. The summed E-state index contributed by atoms with van der Waals surface area (Å²) >= 11 is 1.54. The molecule has 0 saturated heterocycles. The fraction of sp³-hybridized carbons (Fsp3) is 0.391. The van der Waals surface area contributed by atoms with Gasteiger partial charge in [0.2, 0.25) is 15.9 Å². The van der Waals surface area contributed by atoms with Crippen LogP contribution in [0.4, 0.5) is 5.69 Å². The van der Waals surface area contributed by atoms with Crippen LogP contribution in [0.1, 0.15) is 37.1 Å². The Morgan fingerprint density at radius 2 is 1.84 bits per heavy atom. The van der Waals surface area contributed by atoms with Gasteiger partial charge >= 0.3 is 0 Å². The van der Waals surface area contributed by atoms with Crippen LogP contribution < -0.4 is 5.32 Å². The third-order valence-electron chi connectivity index (χ3n) is 5.70. The molecule has 4 rings (SSSR count). The lowest BCUT2D eigenvalue weighted by atomic mass is 9.96. The van der Waals surface area contributed by atoms with Gasteiger partial charge in [-0.3, -0.25) is 4.79 Å². The molecule has 1 aliphatic carbocycles. The second-order valence-electron chi connectivity index (χ2n) is 7.95. The normalized spacial score (nSPS) is 15.3. The zero-order valence-corrected chi connectivity index (χ0v) is 19.6. The topological polar surface area (TPSA) is 88.6 Å². The van der Waals surface area contributed by atoms with Crippen LogP contribution in [0.5, 0.6) is 0 Å². The first kappa shape index (κ1) is 22.8. The van der Waals surface area contributed by atoms with Gasteiger partial charge in [-0.25, -0.2) is 13.4 Å². The Bertz CT molecular complexity index is 1140. The predicted molar refractivity (Wildman–Crippen MR) is 126 cm³/mol. The first-order valence-electron chi connectivity index (χ1n) is 10.7. The average molecular weight is 474 g/mol. The smallest absolute Gasteiger partial charge is 0.250 e. The Morgan fingerprint density at radius 3 is 2.56 bits per heavy atom. The summed E-state index contributed by atoms with van der Waals surface area (Å²) in [6.07, 6.45) is 5.11. The van der Waals surface area contributed by atoms with Gasteiger partial charge in [0.25, 0.3) is 0 Å². The lowest BCUT2D eigenvalue weighted by molar-refractivity contribution is -0.121. The number of para-hydroxylation sites is 1. The first-order valence-corrected chi connectivity index (χ1v) is 13.0. The number of carbonyl (C=O) groups excluding carboxylic acids is 1. The maximum atomic E-state index is 12.9. The van der Waals surface area contributed by atoms with Gasteiger partial charge in [0.05, 0.1) is 21.7 Å². The van der Waals surface area contributed by atoms with Crippen molar-refractivity contribution >= 4 is 43.2 Å². The van der Waals surface area contributed by atoms with E-state index in [4.69, 9.17) is 4.74 Å². The van der Waals surface area contributed by atoms with Gasteiger partial charge in [0, 0.05) is 18.8 Å². The summed E-state index contributed by atoms with van der Waals surface area (Å²) in [5.74, 6) is -0.305. The molecule has 0 bridgehead atoms. The standard InChI is InChI=1S/C23H27N3O4S2/c1-26(18-7-3-2-4-8-18)32(28,29)19-13-11-17(12-14-19)24-22(27)15-30-16-23-25-20-9-5-6-10-21(20)31-23/h5-6,9-14,18H,2-4,7-8,15-16H2,1H3,(H,24,27). The van der Waals surface area contributed by atoms with Gasteiger partial charge in [0.15, 0.2) is 0 Å². The van der Waals surface area contributed by atoms with E-state index in [9.17, 15) is 13.2 Å². The van der Waals surface area contributed by atoms with Crippen molar-refractivity contribution in [2.24, 2.45) is 0 Å². The third kappa shape index (κ3) is 5.35. The highest BCUT2D eigenvalue weighted by atomic mass is 32.2. The van der Waals surface area contributed by atoms with Crippen molar-refractivity contribution in [1.82, 2.24) is 9.29 Å². The Kier molecular flexibility index (Phi) is 7.20. The molecule has 0 atom stereocenters. The van der Waals surface area contributed by atoms with E-state index in [1.165, 1.54) is 22.9 Å². The summed E-state index contributed by atoms with van der Waals surface area (Å²) in [6, 6.07) is 14.2.